The van der Waals surface area contributed by atoms with Gasteiger partial charge < -0.3 is 9.84 Å². The van der Waals surface area contributed by atoms with Crippen LogP contribution >= 0.6 is 0 Å². The molecule has 0 aliphatic carbocycles. The number of phenols is 1. The van der Waals surface area contributed by atoms with Gasteiger partial charge in [-0.25, -0.2) is 0 Å². The molecule has 0 spiro atoms. The summed E-state index contributed by atoms with van der Waals surface area (Å²) in [5.74, 6) is 1.15. The standard InChI is InChI=1S/C14H11NO2/c1-10-6-12(16)8-13(7-10)17-14-5-3-2-4-11(14)9-15/h2-8,16H,1H3. The molecule has 1 N–H and O–H groups in total. The van der Waals surface area contributed by atoms with E-state index in [0.717, 1.165) is 5.56 Å². The average molecular weight is 225 g/mol. The third-order valence-corrected chi connectivity index (χ3v) is 2.27. The fourth-order valence-corrected chi connectivity index (χ4v) is 1.56. The average Bonchev–Trinajstić information content (AvgIpc) is 2.28. The Morgan fingerprint density at radius 1 is 1.18 bits per heavy atom. The highest BCUT2D eigenvalue weighted by Gasteiger charge is 2.04. The van der Waals surface area contributed by atoms with Crippen LogP contribution in [0, 0.1) is 18.3 Å². The molecule has 3 nitrogen and oxygen atoms in total. The van der Waals surface area contributed by atoms with Crippen LogP contribution in [0.25, 0.3) is 0 Å². The van der Waals surface area contributed by atoms with Crippen LogP contribution in [0.2, 0.25) is 0 Å². The number of para-hydroxylation sites is 1. The molecule has 84 valence electrons. The Balaban J connectivity index is 2.35. The van der Waals surface area contributed by atoms with Gasteiger partial charge in [0, 0.05) is 6.07 Å². The topological polar surface area (TPSA) is 53.2 Å². The summed E-state index contributed by atoms with van der Waals surface area (Å²) in [6.45, 7) is 1.86. The second-order valence-corrected chi connectivity index (χ2v) is 3.71. The van der Waals surface area contributed by atoms with E-state index in [1.54, 1.807) is 36.4 Å². The Labute approximate surface area is 99.5 Å². The number of hydrogen-bond acceptors (Lipinski definition) is 3. The lowest BCUT2D eigenvalue weighted by Crippen LogP contribution is -1.88. The summed E-state index contributed by atoms with van der Waals surface area (Å²) < 4.78 is 5.58. The summed E-state index contributed by atoms with van der Waals surface area (Å²) >= 11 is 0. The van der Waals surface area contributed by atoms with Crippen LogP contribution in [-0.4, -0.2) is 5.11 Å². The molecule has 0 radical (unpaired) electrons. The summed E-state index contributed by atoms with van der Waals surface area (Å²) in [7, 11) is 0. The SMILES string of the molecule is Cc1cc(O)cc(Oc2ccccc2C#N)c1. The lowest BCUT2D eigenvalue weighted by atomic mass is 10.2. The van der Waals surface area contributed by atoms with E-state index in [9.17, 15) is 5.11 Å². The minimum Gasteiger partial charge on any atom is -0.508 e. The van der Waals surface area contributed by atoms with Gasteiger partial charge in [-0.15, -0.1) is 0 Å². The molecular formula is C14H11NO2. The van der Waals surface area contributed by atoms with Gasteiger partial charge in [0.1, 0.15) is 23.3 Å². The van der Waals surface area contributed by atoms with E-state index in [-0.39, 0.29) is 5.75 Å². The molecule has 0 fully saturated rings. The number of nitriles is 1. The number of phenolic OH excluding ortho intramolecular Hbond substituents is 1. The first-order valence-electron chi connectivity index (χ1n) is 5.16. The predicted octanol–water partition coefficient (Wildman–Crippen LogP) is 3.36. The summed E-state index contributed by atoms with van der Waals surface area (Å²) in [4.78, 5) is 0. The number of aryl methyl sites for hydroxylation is 1. The monoisotopic (exact) mass is 225 g/mol. The molecule has 0 amide bonds. The van der Waals surface area contributed by atoms with Crippen LogP contribution in [0.5, 0.6) is 17.2 Å². The first kappa shape index (κ1) is 11.0. The lowest BCUT2D eigenvalue weighted by Gasteiger charge is -2.08. The fourth-order valence-electron chi connectivity index (χ4n) is 1.56. The van der Waals surface area contributed by atoms with Gasteiger partial charge in [-0.1, -0.05) is 12.1 Å². The van der Waals surface area contributed by atoms with E-state index >= 15 is 0 Å². The van der Waals surface area contributed by atoms with Gasteiger partial charge in [0.25, 0.3) is 0 Å². The second kappa shape index (κ2) is 4.58. The minimum absolute atomic E-state index is 0.148. The van der Waals surface area contributed by atoms with E-state index in [0.29, 0.717) is 17.1 Å². The zero-order chi connectivity index (χ0) is 12.3. The van der Waals surface area contributed by atoms with Gasteiger partial charge in [-0.05, 0) is 36.8 Å². The summed E-state index contributed by atoms with van der Waals surface area (Å²) in [6, 6.07) is 14.0. The maximum absolute atomic E-state index is 9.45. The molecule has 2 aromatic carbocycles. The maximum atomic E-state index is 9.45. The molecule has 2 aromatic rings. The molecule has 0 bridgehead atoms. The first-order valence-corrected chi connectivity index (χ1v) is 5.16. The summed E-state index contributed by atoms with van der Waals surface area (Å²) in [6.07, 6.45) is 0. The van der Waals surface area contributed by atoms with Crippen molar-refractivity contribution in [3.63, 3.8) is 0 Å². The van der Waals surface area contributed by atoms with Gasteiger partial charge in [0.15, 0.2) is 0 Å². The Hall–Kier alpha value is -2.47. The second-order valence-electron chi connectivity index (χ2n) is 3.71. The van der Waals surface area contributed by atoms with E-state index < -0.39 is 0 Å². The molecule has 0 aliphatic heterocycles. The number of hydrogen-bond donors (Lipinski definition) is 1. The third-order valence-electron chi connectivity index (χ3n) is 2.27. The number of benzene rings is 2. The molecule has 0 unspecified atom stereocenters. The summed E-state index contributed by atoms with van der Waals surface area (Å²) in [5, 5.41) is 18.4. The largest absolute Gasteiger partial charge is 0.508 e. The van der Waals surface area contributed by atoms with Crippen LogP contribution in [-0.2, 0) is 0 Å². The van der Waals surface area contributed by atoms with Crippen molar-refractivity contribution >= 4 is 0 Å². The van der Waals surface area contributed by atoms with Gasteiger partial charge >= 0.3 is 0 Å². The maximum Gasteiger partial charge on any atom is 0.145 e. The van der Waals surface area contributed by atoms with Crippen LogP contribution in [0.1, 0.15) is 11.1 Å². The molecule has 0 saturated heterocycles. The van der Waals surface area contributed by atoms with E-state index in [1.807, 2.05) is 6.92 Å². The molecule has 3 heteroatoms. The molecular weight excluding hydrogens is 214 g/mol. The molecule has 0 saturated carbocycles. The van der Waals surface area contributed by atoms with Gasteiger partial charge in [0.2, 0.25) is 0 Å². The predicted molar refractivity (Wildman–Crippen MR) is 64.1 cm³/mol. The molecule has 2 rings (SSSR count). The van der Waals surface area contributed by atoms with Crippen molar-refractivity contribution in [3.05, 3.63) is 53.6 Å². The van der Waals surface area contributed by atoms with Crippen molar-refractivity contribution in [1.82, 2.24) is 0 Å². The molecule has 0 atom stereocenters. The van der Waals surface area contributed by atoms with Crippen molar-refractivity contribution in [2.24, 2.45) is 0 Å². The van der Waals surface area contributed by atoms with Crippen LogP contribution < -0.4 is 4.74 Å². The zero-order valence-corrected chi connectivity index (χ0v) is 9.34. The molecule has 0 heterocycles. The zero-order valence-electron chi connectivity index (χ0n) is 9.34. The quantitative estimate of drug-likeness (QED) is 0.852. The number of aromatic hydroxyl groups is 1. The van der Waals surface area contributed by atoms with Crippen molar-refractivity contribution in [1.29, 1.82) is 5.26 Å². The minimum atomic E-state index is 0.148. The van der Waals surface area contributed by atoms with Gasteiger partial charge in [-0.2, -0.15) is 5.26 Å². The Kier molecular flexibility index (Phi) is 2.97. The van der Waals surface area contributed by atoms with E-state index in [1.165, 1.54) is 6.07 Å². The third kappa shape index (κ3) is 2.56. The van der Waals surface area contributed by atoms with Crippen LogP contribution in [0.4, 0.5) is 0 Å². The van der Waals surface area contributed by atoms with Crippen LogP contribution in [0.3, 0.4) is 0 Å². The lowest BCUT2D eigenvalue weighted by molar-refractivity contribution is 0.454. The van der Waals surface area contributed by atoms with Crippen molar-refractivity contribution in [2.75, 3.05) is 0 Å². The number of ether oxygens (including phenoxy) is 1. The molecule has 17 heavy (non-hydrogen) atoms. The Morgan fingerprint density at radius 3 is 2.65 bits per heavy atom. The van der Waals surface area contributed by atoms with E-state index in [4.69, 9.17) is 10.00 Å². The smallest absolute Gasteiger partial charge is 0.145 e. The molecule has 0 aromatic heterocycles. The highest BCUT2D eigenvalue weighted by molar-refractivity contribution is 5.46. The number of nitrogens with zero attached hydrogens (tertiary/aromatic N) is 1. The highest BCUT2D eigenvalue weighted by atomic mass is 16.5. The first-order chi connectivity index (χ1) is 8.19. The Bertz CT molecular complexity index is 565. The van der Waals surface area contributed by atoms with Crippen molar-refractivity contribution < 1.29 is 9.84 Å². The highest BCUT2D eigenvalue weighted by Crippen LogP contribution is 2.28. The van der Waals surface area contributed by atoms with E-state index in [2.05, 4.69) is 6.07 Å². The van der Waals surface area contributed by atoms with Gasteiger partial charge in [-0.3, -0.25) is 0 Å². The van der Waals surface area contributed by atoms with Crippen LogP contribution in [0.15, 0.2) is 42.5 Å². The van der Waals surface area contributed by atoms with Crippen molar-refractivity contribution in [3.8, 4) is 23.3 Å². The Morgan fingerprint density at radius 2 is 1.94 bits per heavy atom. The normalized spacial score (nSPS) is 9.65. The van der Waals surface area contributed by atoms with Gasteiger partial charge in [0.05, 0.1) is 5.56 Å². The number of rotatable bonds is 2. The fraction of sp³-hybridized carbons (Fsp3) is 0.0714. The molecule has 0 aliphatic rings. The van der Waals surface area contributed by atoms with Crippen molar-refractivity contribution in [2.45, 2.75) is 6.92 Å². The summed E-state index contributed by atoms with van der Waals surface area (Å²) in [5.41, 5.74) is 1.36.